The Labute approximate surface area is 124 Å². The first kappa shape index (κ1) is 13.6. The van der Waals surface area contributed by atoms with E-state index in [0.29, 0.717) is 23.8 Å². The third-order valence-electron chi connectivity index (χ3n) is 3.76. The van der Waals surface area contributed by atoms with Gasteiger partial charge in [-0.1, -0.05) is 6.92 Å². The Bertz CT molecular complexity index is 632. The third-order valence-corrected chi connectivity index (χ3v) is 5.84. The summed E-state index contributed by atoms with van der Waals surface area (Å²) in [6.45, 7) is 2.57. The first-order valence-corrected chi connectivity index (χ1v) is 8.26. The molecule has 106 valence electrons. The van der Waals surface area contributed by atoms with Crippen LogP contribution in [0.25, 0.3) is 9.40 Å². The molecule has 3 heterocycles. The van der Waals surface area contributed by atoms with Gasteiger partial charge in [0.2, 0.25) is 0 Å². The topological polar surface area (TPSA) is 57.6 Å². The first-order chi connectivity index (χ1) is 9.56. The third kappa shape index (κ3) is 2.33. The number of piperidine rings is 1. The van der Waals surface area contributed by atoms with Gasteiger partial charge >= 0.3 is 5.97 Å². The lowest BCUT2D eigenvalue weighted by Crippen LogP contribution is -2.49. The zero-order chi connectivity index (χ0) is 14.3. The van der Waals surface area contributed by atoms with Gasteiger partial charge < -0.3 is 10.0 Å². The predicted octanol–water partition coefficient (Wildman–Crippen LogP) is 3.29. The van der Waals surface area contributed by atoms with E-state index in [1.165, 1.54) is 16.2 Å². The molecule has 0 radical (unpaired) electrons. The van der Waals surface area contributed by atoms with Gasteiger partial charge in [-0.3, -0.25) is 4.79 Å². The fraction of sp³-hybridized carbons (Fsp3) is 0.429. The van der Waals surface area contributed by atoms with Gasteiger partial charge in [0.1, 0.15) is 6.04 Å². The smallest absolute Gasteiger partial charge is 0.326 e. The number of hydrogen-bond donors (Lipinski definition) is 1. The van der Waals surface area contributed by atoms with Crippen LogP contribution in [0.5, 0.6) is 0 Å². The van der Waals surface area contributed by atoms with Gasteiger partial charge in [0.25, 0.3) is 5.91 Å². The Morgan fingerprint density at radius 2 is 2.20 bits per heavy atom. The largest absolute Gasteiger partial charge is 0.480 e. The highest BCUT2D eigenvalue weighted by Gasteiger charge is 2.35. The zero-order valence-electron chi connectivity index (χ0n) is 11.0. The molecule has 6 heteroatoms. The molecule has 2 atom stereocenters. The van der Waals surface area contributed by atoms with E-state index in [2.05, 4.69) is 0 Å². The number of carbonyl (C=O) groups is 2. The van der Waals surface area contributed by atoms with E-state index < -0.39 is 12.0 Å². The van der Waals surface area contributed by atoms with Gasteiger partial charge in [0.05, 0.1) is 4.88 Å². The van der Waals surface area contributed by atoms with Crippen molar-refractivity contribution in [3.8, 4) is 0 Å². The van der Waals surface area contributed by atoms with Gasteiger partial charge in [0.15, 0.2) is 0 Å². The van der Waals surface area contributed by atoms with E-state index in [4.69, 9.17) is 0 Å². The van der Waals surface area contributed by atoms with Gasteiger partial charge in [-0.25, -0.2) is 4.79 Å². The van der Waals surface area contributed by atoms with E-state index >= 15 is 0 Å². The van der Waals surface area contributed by atoms with Crippen molar-refractivity contribution in [3.05, 3.63) is 22.4 Å². The summed E-state index contributed by atoms with van der Waals surface area (Å²) >= 11 is 3.05. The minimum atomic E-state index is -0.900. The standard InChI is InChI=1S/C14H15NO3S2/c1-8-2-4-15(9(6-8)14(17)18)13(16)12-7-11-10(20-12)3-5-19-11/h3,5,7-9H,2,4,6H2,1H3,(H,17,18). The second-order valence-electron chi connectivity index (χ2n) is 5.24. The number of fused-ring (bicyclic) bond motifs is 1. The molecule has 1 aliphatic heterocycles. The monoisotopic (exact) mass is 309 g/mol. The van der Waals surface area contributed by atoms with E-state index in [1.807, 2.05) is 24.4 Å². The quantitative estimate of drug-likeness (QED) is 0.926. The lowest BCUT2D eigenvalue weighted by molar-refractivity contribution is -0.144. The van der Waals surface area contributed by atoms with Gasteiger partial charge in [-0.05, 0) is 36.3 Å². The van der Waals surface area contributed by atoms with Crippen LogP contribution in [0.4, 0.5) is 0 Å². The Hall–Kier alpha value is -1.40. The number of likely N-dealkylation sites (tertiary alicyclic amines) is 1. The summed E-state index contributed by atoms with van der Waals surface area (Å²) in [7, 11) is 0. The number of carbonyl (C=O) groups excluding carboxylic acids is 1. The summed E-state index contributed by atoms with van der Waals surface area (Å²) in [5.74, 6) is -0.687. The van der Waals surface area contributed by atoms with Gasteiger partial charge in [-0.2, -0.15) is 0 Å². The average Bonchev–Trinajstić information content (AvgIpc) is 2.98. The summed E-state index contributed by atoms with van der Waals surface area (Å²) in [6, 6.07) is 3.18. The number of aliphatic carboxylic acids is 1. The summed E-state index contributed by atoms with van der Waals surface area (Å²) < 4.78 is 2.19. The summed E-state index contributed by atoms with van der Waals surface area (Å²) in [5.41, 5.74) is 0. The zero-order valence-corrected chi connectivity index (χ0v) is 12.7. The Morgan fingerprint density at radius 1 is 1.40 bits per heavy atom. The van der Waals surface area contributed by atoms with Crippen molar-refractivity contribution < 1.29 is 14.7 Å². The fourth-order valence-corrected chi connectivity index (χ4v) is 4.70. The Morgan fingerprint density at radius 3 is 2.90 bits per heavy atom. The minimum Gasteiger partial charge on any atom is -0.480 e. The molecule has 0 aromatic carbocycles. The number of rotatable bonds is 2. The van der Waals surface area contributed by atoms with Crippen LogP contribution < -0.4 is 0 Å². The van der Waals surface area contributed by atoms with Crippen molar-refractivity contribution in [1.29, 1.82) is 0 Å². The number of amides is 1. The van der Waals surface area contributed by atoms with Crippen LogP contribution in [0, 0.1) is 5.92 Å². The first-order valence-electron chi connectivity index (χ1n) is 6.57. The van der Waals surface area contributed by atoms with Crippen molar-refractivity contribution >= 4 is 43.9 Å². The SMILES string of the molecule is CC1CCN(C(=O)c2cc3sccc3s2)C(C(=O)O)C1. The molecule has 0 saturated carbocycles. The molecule has 3 rings (SSSR count). The van der Waals surface area contributed by atoms with E-state index in [9.17, 15) is 14.7 Å². The lowest BCUT2D eigenvalue weighted by Gasteiger charge is -2.35. The number of carboxylic acid groups (broad SMARTS) is 1. The fourth-order valence-electron chi connectivity index (χ4n) is 2.63. The maximum absolute atomic E-state index is 12.6. The molecule has 0 bridgehead atoms. The lowest BCUT2D eigenvalue weighted by atomic mass is 9.92. The van der Waals surface area contributed by atoms with Crippen LogP contribution in [-0.2, 0) is 4.79 Å². The molecule has 0 spiro atoms. The molecule has 2 aromatic heterocycles. The highest BCUT2D eigenvalue weighted by molar-refractivity contribution is 7.27. The highest BCUT2D eigenvalue weighted by atomic mass is 32.1. The van der Waals surface area contributed by atoms with Crippen LogP contribution in [0.3, 0.4) is 0 Å². The van der Waals surface area contributed by atoms with Crippen molar-refractivity contribution in [2.45, 2.75) is 25.8 Å². The molecule has 20 heavy (non-hydrogen) atoms. The maximum Gasteiger partial charge on any atom is 0.326 e. The number of thiophene rings is 2. The normalized spacial score (nSPS) is 23.1. The van der Waals surface area contributed by atoms with Gasteiger partial charge in [0, 0.05) is 15.9 Å². The van der Waals surface area contributed by atoms with Crippen LogP contribution in [0.1, 0.15) is 29.4 Å². The molecule has 4 nitrogen and oxygen atoms in total. The molecule has 1 saturated heterocycles. The number of nitrogens with zero attached hydrogens (tertiary/aromatic N) is 1. The second-order valence-corrected chi connectivity index (χ2v) is 7.27. The summed E-state index contributed by atoms with van der Waals surface area (Å²) in [6.07, 6.45) is 1.41. The molecular weight excluding hydrogens is 294 g/mol. The van der Waals surface area contributed by atoms with E-state index in [0.717, 1.165) is 15.8 Å². The van der Waals surface area contributed by atoms with Crippen LogP contribution >= 0.6 is 22.7 Å². The van der Waals surface area contributed by atoms with Crippen LogP contribution in [0.2, 0.25) is 0 Å². The van der Waals surface area contributed by atoms with Crippen LogP contribution in [0.15, 0.2) is 17.5 Å². The van der Waals surface area contributed by atoms with Gasteiger partial charge in [-0.15, -0.1) is 22.7 Å². The maximum atomic E-state index is 12.6. The molecular formula is C14H15NO3S2. The predicted molar refractivity (Wildman–Crippen MR) is 80.6 cm³/mol. The molecule has 1 aliphatic rings. The Balaban J connectivity index is 1.88. The highest BCUT2D eigenvalue weighted by Crippen LogP contribution is 2.32. The average molecular weight is 309 g/mol. The van der Waals surface area contributed by atoms with Crippen molar-refractivity contribution in [2.24, 2.45) is 5.92 Å². The second kappa shape index (κ2) is 5.18. The summed E-state index contributed by atoms with van der Waals surface area (Å²) in [5, 5.41) is 11.3. The van der Waals surface area contributed by atoms with Crippen molar-refractivity contribution in [3.63, 3.8) is 0 Å². The Kier molecular flexibility index (Phi) is 3.52. The molecule has 2 unspecified atom stereocenters. The molecule has 1 fully saturated rings. The number of carboxylic acids is 1. The van der Waals surface area contributed by atoms with E-state index in [-0.39, 0.29) is 5.91 Å². The molecule has 0 aliphatic carbocycles. The number of hydrogen-bond acceptors (Lipinski definition) is 4. The minimum absolute atomic E-state index is 0.141. The van der Waals surface area contributed by atoms with Crippen molar-refractivity contribution in [1.82, 2.24) is 4.90 Å². The van der Waals surface area contributed by atoms with Crippen LogP contribution in [-0.4, -0.2) is 34.5 Å². The van der Waals surface area contributed by atoms with E-state index in [1.54, 1.807) is 11.3 Å². The molecule has 1 amide bonds. The molecule has 2 aromatic rings. The van der Waals surface area contributed by atoms with Crippen molar-refractivity contribution in [2.75, 3.05) is 6.54 Å². The molecule has 1 N–H and O–H groups in total. The summed E-state index contributed by atoms with van der Waals surface area (Å²) in [4.78, 5) is 26.1.